The summed E-state index contributed by atoms with van der Waals surface area (Å²) in [6.07, 6.45) is 3.26. The smallest absolute Gasteiger partial charge is 0.304 e. The standard InChI is InChI=1S/C25H30F3N4O2P/c1-14(30-23-18-12-21(35(4,5)34)29-13-20(18)31-15(2)32-23)17-10-7-11-19(22(17)26)25(27,28)24(3,33)16-8-6-9-16/h7,10-14,16,33H,6,8-9H2,1-5H3,(H,30,31,32)/t14-,24+/m1/s1. The number of fused-ring (bicyclic) bond motifs is 1. The Morgan fingerprint density at radius 1 is 1.23 bits per heavy atom. The maximum Gasteiger partial charge on any atom is 0.304 e. The van der Waals surface area contributed by atoms with Crippen molar-refractivity contribution in [2.75, 3.05) is 18.6 Å². The van der Waals surface area contributed by atoms with Crippen LogP contribution in [0.15, 0.2) is 30.5 Å². The van der Waals surface area contributed by atoms with Crippen molar-refractivity contribution >= 4 is 29.3 Å². The lowest BCUT2D eigenvalue weighted by molar-refractivity contribution is -0.218. The summed E-state index contributed by atoms with van der Waals surface area (Å²) in [5.41, 5.74) is -2.24. The molecular weight excluding hydrogens is 476 g/mol. The maximum atomic E-state index is 15.5. The van der Waals surface area contributed by atoms with Gasteiger partial charge in [-0.3, -0.25) is 4.98 Å². The number of aryl methyl sites for hydroxylation is 1. The molecule has 2 N–H and O–H groups in total. The predicted molar refractivity (Wildman–Crippen MR) is 131 cm³/mol. The molecule has 35 heavy (non-hydrogen) atoms. The SMILES string of the molecule is Cc1nc(N[C@H](C)c2cccc(C(F)(F)[C@@](C)(O)C3CCC3)c2F)c2cc(P(C)(C)=O)ncc2n1. The first-order valence-electron chi connectivity index (χ1n) is 11.6. The van der Waals surface area contributed by atoms with E-state index in [0.717, 1.165) is 19.4 Å². The second-order valence-corrected chi connectivity index (χ2v) is 13.1. The van der Waals surface area contributed by atoms with Gasteiger partial charge < -0.3 is 15.0 Å². The van der Waals surface area contributed by atoms with E-state index in [-0.39, 0.29) is 5.56 Å². The van der Waals surface area contributed by atoms with Gasteiger partial charge in [-0.1, -0.05) is 18.6 Å². The topological polar surface area (TPSA) is 88.0 Å². The highest BCUT2D eigenvalue weighted by atomic mass is 31.2. The molecule has 1 fully saturated rings. The summed E-state index contributed by atoms with van der Waals surface area (Å²) >= 11 is 0. The number of rotatable bonds is 7. The number of anilines is 1. The van der Waals surface area contributed by atoms with Gasteiger partial charge >= 0.3 is 5.92 Å². The summed E-state index contributed by atoms with van der Waals surface area (Å²) in [6, 6.07) is 4.72. The Labute approximate surface area is 202 Å². The van der Waals surface area contributed by atoms with Gasteiger partial charge in [0.15, 0.2) is 0 Å². The summed E-state index contributed by atoms with van der Waals surface area (Å²) in [7, 11) is -2.66. The van der Waals surface area contributed by atoms with E-state index in [2.05, 4.69) is 20.3 Å². The Hall–Kier alpha value is -2.51. The molecule has 0 aliphatic heterocycles. The lowest BCUT2D eigenvalue weighted by Crippen LogP contribution is -2.52. The minimum absolute atomic E-state index is 0.0157. The summed E-state index contributed by atoms with van der Waals surface area (Å²) in [6.45, 7) is 7.63. The minimum Gasteiger partial charge on any atom is -0.383 e. The predicted octanol–water partition coefficient (Wildman–Crippen LogP) is 5.54. The number of aliphatic hydroxyl groups is 1. The first kappa shape index (κ1) is 25.6. The Bertz CT molecular complexity index is 1320. The fourth-order valence-electron chi connectivity index (χ4n) is 4.45. The molecule has 1 aliphatic carbocycles. The minimum atomic E-state index is -3.76. The molecule has 0 saturated heterocycles. The van der Waals surface area contributed by atoms with E-state index in [1.165, 1.54) is 18.3 Å². The molecule has 1 saturated carbocycles. The van der Waals surface area contributed by atoms with Crippen LogP contribution in [0.1, 0.15) is 56.1 Å². The highest BCUT2D eigenvalue weighted by Gasteiger charge is 2.57. The molecule has 1 aliphatic rings. The van der Waals surface area contributed by atoms with E-state index in [9.17, 15) is 9.67 Å². The van der Waals surface area contributed by atoms with E-state index < -0.39 is 42.0 Å². The molecule has 2 aromatic heterocycles. The number of pyridine rings is 1. The second-order valence-electron chi connectivity index (χ2n) is 9.95. The van der Waals surface area contributed by atoms with E-state index >= 15 is 13.2 Å². The first-order chi connectivity index (χ1) is 16.2. The molecule has 2 heterocycles. The largest absolute Gasteiger partial charge is 0.383 e. The van der Waals surface area contributed by atoms with Gasteiger partial charge in [-0.2, -0.15) is 8.78 Å². The molecule has 6 nitrogen and oxygen atoms in total. The zero-order valence-corrected chi connectivity index (χ0v) is 21.3. The molecule has 10 heteroatoms. The van der Waals surface area contributed by atoms with Gasteiger partial charge in [-0.15, -0.1) is 0 Å². The Morgan fingerprint density at radius 3 is 2.51 bits per heavy atom. The van der Waals surface area contributed by atoms with Crippen molar-refractivity contribution in [3.8, 4) is 0 Å². The molecular formula is C25H30F3N4O2P. The zero-order valence-electron chi connectivity index (χ0n) is 20.4. The highest BCUT2D eigenvalue weighted by Crippen LogP contribution is 2.50. The van der Waals surface area contributed by atoms with Crippen molar-refractivity contribution in [1.82, 2.24) is 15.0 Å². The highest BCUT2D eigenvalue weighted by molar-refractivity contribution is 7.69. The van der Waals surface area contributed by atoms with Gasteiger partial charge in [0, 0.05) is 10.9 Å². The molecule has 0 amide bonds. The summed E-state index contributed by atoms with van der Waals surface area (Å²) in [5.74, 6) is -4.62. The van der Waals surface area contributed by atoms with Gasteiger partial charge in [0.1, 0.15) is 35.6 Å². The van der Waals surface area contributed by atoms with Crippen LogP contribution in [-0.2, 0) is 10.5 Å². The number of benzene rings is 1. The van der Waals surface area contributed by atoms with Crippen LogP contribution in [-0.4, -0.2) is 39.0 Å². The quantitative estimate of drug-likeness (QED) is 0.410. The van der Waals surface area contributed by atoms with Crippen LogP contribution < -0.4 is 10.8 Å². The van der Waals surface area contributed by atoms with Gasteiger partial charge in [0.2, 0.25) is 0 Å². The molecule has 0 spiro atoms. The van der Waals surface area contributed by atoms with E-state index in [4.69, 9.17) is 0 Å². The van der Waals surface area contributed by atoms with E-state index in [1.54, 1.807) is 33.2 Å². The Morgan fingerprint density at radius 2 is 1.91 bits per heavy atom. The maximum absolute atomic E-state index is 15.5. The number of nitrogens with one attached hydrogen (secondary N) is 1. The molecule has 188 valence electrons. The van der Waals surface area contributed by atoms with E-state index in [0.29, 0.717) is 40.8 Å². The van der Waals surface area contributed by atoms with Crippen molar-refractivity contribution in [2.24, 2.45) is 5.92 Å². The number of halogens is 3. The summed E-state index contributed by atoms with van der Waals surface area (Å²) < 4.78 is 58.9. The third kappa shape index (κ3) is 4.56. The van der Waals surface area contributed by atoms with Crippen molar-refractivity contribution in [3.05, 3.63) is 53.2 Å². The number of aromatic nitrogens is 3. The van der Waals surface area contributed by atoms with Crippen LogP contribution >= 0.6 is 7.14 Å². The van der Waals surface area contributed by atoms with Crippen molar-refractivity contribution in [2.45, 2.75) is 57.6 Å². The summed E-state index contributed by atoms with van der Waals surface area (Å²) in [5, 5.41) is 14.3. The van der Waals surface area contributed by atoms with Crippen molar-refractivity contribution in [3.63, 3.8) is 0 Å². The van der Waals surface area contributed by atoms with Crippen LogP contribution in [0.5, 0.6) is 0 Å². The fraction of sp³-hybridized carbons (Fsp3) is 0.480. The van der Waals surface area contributed by atoms with Crippen LogP contribution in [0, 0.1) is 18.7 Å². The van der Waals surface area contributed by atoms with Crippen LogP contribution in [0.25, 0.3) is 10.9 Å². The molecule has 4 rings (SSSR count). The normalized spacial score (nSPS) is 17.6. The van der Waals surface area contributed by atoms with Gasteiger partial charge in [0.05, 0.1) is 23.3 Å². The molecule has 0 unspecified atom stereocenters. The lowest BCUT2D eigenvalue weighted by atomic mass is 9.69. The third-order valence-electron chi connectivity index (χ3n) is 6.95. The zero-order chi connectivity index (χ0) is 25.8. The second kappa shape index (κ2) is 8.86. The molecule has 3 aromatic rings. The number of nitrogens with zero attached hydrogens (tertiary/aromatic N) is 3. The Kier molecular flexibility index (Phi) is 6.47. The van der Waals surface area contributed by atoms with Crippen LogP contribution in [0.4, 0.5) is 19.0 Å². The van der Waals surface area contributed by atoms with Gasteiger partial charge in [0.25, 0.3) is 0 Å². The average Bonchev–Trinajstić information content (AvgIpc) is 2.70. The monoisotopic (exact) mass is 506 g/mol. The third-order valence-corrected chi connectivity index (χ3v) is 8.30. The van der Waals surface area contributed by atoms with Crippen LogP contribution in [0.3, 0.4) is 0 Å². The van der Waals surface area contributed by atoms with Crippen molar-refractivity contribution < 1.29 is 22.8 Å². The number of hydrogen-bond acceptors (Lipinski definition) is 6. The summed E-state index contributed by atoms with van der Waals surface area (Å²) in [4.78, 5) is 13.0. The molecule has 2 atom stereocenters. The fourth-order valence-corrected chi connectivity index (χ4v) is 5.23. The van der Waals surface area contributed by atoms with Gasteiger partial charge in [-0.25, -0.2) is 14.4 Å². The first-order valence-corrected chi connectivity index (χ1v) is 14.2. The van der Waals surface area contributed by atoms with Crippen molar-refractivity contribution in [1.29, 1.82) is 0 Å². The molecule has 1 aromatic carbocycles. The molecule has 0 bridgehead atoms. The van der Waals surface area contributed by atoms with Gasteiger partial charge in [-0.05, 0) is 65.0 Å². The van der Waals surface area contributed by atoms with Crippen LogP contribution in [0.2, 0.25) is 0 Å². The number of alkyl halides is 2. The van der Waals surface area contributed by atoms with E-state index in [1.807, 2.05) is 0 Å². The molecule has 0 radical (unpaired) electrons. The average molecular weight is 507 g/mol. The lowest BCUT2D eigenvalue weighted by Gasteiger charge is -2.43. The number of hydrogen-bond donors (Lipinski definition) is 2. The Balaban J connectivity index is 1.72.